The van der Waals surface area contributed by atoms with Crippen LogP contribution >= 0.6 is 0 Å². The molecule has 0 spiro atoms. The second-order valence-corrected chi connectivity index (χ2v) is 4.81. The van der Waals surface area contributed by atoms with E-state index in [1.165, 1.54) is 6.07 Å². The number of hydrazine groups is 1. The molecule has 0 radical (unpaired) electrons. The fourth-order valence-corrected chi connectivity index (χ4v) is 2.39. The molecule has 1 heterocycles. The zero-order valence-corrected chi connectivity index (χ0v) is 11.4. The van der Waals surface area contributed by atoms with Crippen LogP contribution in [-0.4, -0.2) is 4.98 Å². The predicted octanol–water partition coefficient (Wildman–Crippen LogP) is 2.70. The van der Waals surface area contributed by atoms with Gasteiger partial charge in [-0.25, -0.2) is 9.82 Å². The standard InChI is InChI=1S/C15H18FN3/c1-9-6-10(2)14(13(16)7-9)15(19-17)12-4-5-18-11(3)8-12/h4-8,15,19H,17H2,1-3H3. The highest BCUT2D eigenvalue weighted by Gasteiger charge is 2.19. The highest BCUT2D eigenvalue weighted by Crippen LogP contribution is 2.27. The van der Waals surface area contributed by atoms with Crippen LogP contribution < -0.4 is 11.3 Å². The Hall–Kier alpha value is -1.78. The normalized spacial score (nSPS) is 12.5. The molecule has 100 valence electrons. The molecule has 1 unspecified atom stereocenters. The Kier molecular flexibility index (Phi) is 3.93. The van der Waals surface area contributed by atoms with Crippen molar-refractivity contribution in [3.63, 3.8) is 0 Å². The van der Waals surface area contributed by atoms with Gasteiger partial charge in [0.1, 0.15) is 5.82 Å². The predicted molar refractivity (Wildman–Crippen MR) is 74.0 cm³/mol. The van der Waals surface area contributed by atoms with Crippen molar-refractivity contribution in [3.8, 4) is 0 Å². The molecule has 1 aromatic heterocycles. The van der Waals surface area contributed by atoms with E-state index in [0.717, 1.165) is 22.4 Å². The summed E-state index contributed by atoms with van der Waals surface area (Å²) in [5.74, 6) is 5.38. The summed E-state index contributed by atoms with van der Waals surface area (Å²) >= 11 is 0. The Morgan fingerprint density at radius 3 is 2.53 bits per heavy atom. The number of halogens is 1. The molecule has 0 amide bonds. The summed E-state index contributed by atoms with van der Waals surface area (Å²) in [6.45, 7) is 5.67. The lowest BCUT2D eigenvalue weighted by atomic mass is 9.94. The number of hydrogen-bond donors (Lipinski definition) is 2. The van der Waals surface area contributed by atoms with Gasteiger partial charge in [0.15, 0.2) is 0 Å². The maximum absolute atomic E-state index is 14.2. The van der Waals surface area contributed by atoms with E-state index in [-0.39, 0.29) is 11.9 Å². The Bertz CT molecular complexity index is 573. The lowest BCUT2D eigenvalue weighted by molar-refractivity contribution is 0.555. The van der Waals surface area contributed by atoms with Crippen LogP contribution in [0.2, 0.25) is 0 Å². The van der Waals surface area contributed by atoms with Gasteiger partial charge in [-0.05, 0) is 55.7 Å². The molecule has 2 rings (SSSR count). The van der Waals surface area contributed by atoms with Crippen LogP contribution in [0.15, 0.2) is 30.5 Å². The van der Waals surface area contributed by atoms with Crippen LogP contribution in [0.4, 0.5) is 4.39 Å². The molecular formula is C15H18FN3. The molecule has 0 bridgehead atoms. The average Bonchev–Trinajstić information content (AvgIpc) is 2.33. The summed E-state index contributed by atoms with van der Waals surface area (Å²) in [7, 11) is 0. The molecular weight excluding hydrogens is 241 g/mol. The number of aromatic nitrogens is 1. The van der Waals surface area contributed by atoms with Gasteiger partial charge < -0.3 is 0 Å². The average molecular weight is 259 g/mol. The van der Waals surface area contributed by atoms with Gasteiger partial charge in [0.2, 0.25) is 0 Å². The highest BCUT2D eigenvalue weighted by atomic mass is 19.1. The number of hydrogen-bond acceptors (Lipinski definition) is 3. The smallest absolute Gasteiger partial charge is 0.128 e. The van der Waals surface area contributed by atoms with Crippen molar-refractivity contribution in [1.82, 2.24) is 10.4 Å². The second kappa shape index (κ2) is 5.47. The van der Waals surface area contributed by atoms with Gasteiger partial charge in [0.25, 0.3) is 0 Å². The molecule has 0 saturated heterocycles. The zero-order chi connectivity index (χ0) is 14.0. The van der Waals surface area contributed by atoms with Crippen molar-refractivity contribution >= 4 is 0 Å². The molecule has 0 aliphatic heterocycles. The van der Waals surface area contributed by atoms with Crippen molar-refractivity contribution in [2.45, 2.75) is 26.8 Å². The molecule has 0 saturated carbocycles. The molecule has 1 aromatic carbocycles. The number of benzene rings is 1. The number of rotatable bonds is 3. The molecule has 0 fully saturated rings. The SMILES string of the molecule is Cc1cc(C)c(C(NN)c2ccnc(C)c2)c(F)c1. The molecule has 2 aromatic rings. The second-order valence-electron chi connectivity index (χ2n) is 4.81. The largest absolute Gasteiger partial charge is 0.271 e. The van der Waals surface area contributed by atoms with Gasteiger partial charge in [-0.1, -0.05) is 6.07 Å². The highest BCUT2D eigenvalue weighted by molar-refractivity contribution is 5.40. The minimum atomic E-state index is -0.373. The van der Waals surface area contributed by atoms with E-state index in [2.05, 4.69) is 10.4 Å². The molecule has 3 N–H and O–H groups in total. The third kappa shape index (κ3) is 2.80. The fraction of sp³-hybridized carbons (Fsp3) is 0.267. The zero-order valence-electron chi connectivity index (χ0n) is 11.4. The van der Waals surface area contributed by atoms with Crippen LogP contribution in [0.5, 0.6) is 0 Å². The minimum absolute atomic E-state index is 0.241. The summed E-state index contributed by atoms with van der Waals surface area (Å²) in [5, 5.41) is 0. The summed E-state index contributed by atoms with van der Waals surface area (Å²) < 4.78 is 14.2. The number of aryl methyl sites for hydroxylation is 3. The first-order valence-corrected chi connectivity index (χ1v) is 6.18. The summed E-state index contributed by atoms with van der Waals surface area (Å²) in [5.41, 5.74) is 6.85. The van der Waals surface area contributed by atoms with Gasteiger partial charge in [-0.2, -0.15) is 0 Å². The Morgan fingerprint density at radius 1 is 1.21 bits per heavy atom. The first-order chi connectivity index (χ1) is 9.02. The minimum Gasteiger partial charge on any atom is -0.271 e. The van der Waals surface area contributed by atoms with Crippen LogP contribution in [0.1, 0.15) is 34.0 Å². The van der Waals surface area contributed by atoms with Crippen molar-refractivity contribution in [3.05, 3.63) is 64.2 Å². The summed E-state index contributed by atoms with van der Waals surface area (Å²) in [6, 6.07) is 6.86. The van der Waals surface area contributed by atoms with E-state index in [1.807, 2.05) is 39.0 Å². The van der Waals surface area contributed by atoms with E-state index in [1.54, 1.807) is 6.20 Å². The summed E-state index contributed by atoms with van der Waals surface area (Å²) in [6.07, 6.45) is 1.70. The lowest BCUT2D eigenvalue weighted by Gasteiger charge is -2.20. The van der Waals surface area contributed by atoms with E-state index >= 15 is 0 Å². The molecule has 3 nitrogen and oxygen atoms in total. The van der Waals surface area contributed by atoms with Crippen molar-refractivity contribution in [1.29, 1.82) is 0 Å². The number of nitrogens with one attached hydrogen (secondary N) is 1. The quantitative estimate of drug-likeness (QED) is 0.658. The van der Waals surface area contributed by atoms with Crippen LogP contribution in [0, 0.1) is 26.6 Å². The van der Waals surface area contributed by atoms with Crippen LogP contribution in [-0.2, 0) is 0 Å². The van der Waals surface area contributed by atoms with E-state index < -0.39 is 0 Å². The Morgan fingerprint density at radius 2 is 1.95 bits per heavy atom. The number of nitrogens with two attached hydrogens (primary N) is 1. The topological polar surface area (TPSA) is 50.9 Å². The molecule has 19 heavy (non-hydrogen) atoms. The third-order valence-electron chi connectivity index (χ3n) is 3.19. The van der Waals surface area contributed by atoms with E-state index in [0.29, 0.717) is 5.56 Å². The van der Waals surface area contributed by atoms with Gasteiger partial charge >= 0.3 is 0 Å². The maximum atomic E-state index is 14.2. The molecule has 0 aliphatic rings. The van der Waals surface area contributed by atoms with E-state index in [4.69, 9.17) is 5.84 Å². The number of pyridine rings is 1. The lowest BCUT2D eigenvalue weighted by Crippen LogP contribution is -2.30. The van der Waals surface area contributed by atoms with Crippen LogP contribution in [0.3, 0.4) is 0 Å². The molecule has 4 heteroatoms. The third-order valence-corrected chi connectivity index (χ3v) is 3.19. The molecule has 0 aliphatic carbocycles. The Balaban J connectivity index is 2.54. The van der Waals surface area contributed by atoms with Gasteiger partial charge in [-0.3, -0.25) is 10.8 Å². The maximum Gasteiger partial charge on any atom is 0.128 e. The monoisotopic (exact) mass is 259 g/mol. The Labute approximate surface area is 112 Å². The van der Waals surface area contributed by atoms with Crippen molar-refractivity contribution < 1.29 is 4.39 Å². The first-order valence-electron chi connectivity index (χ1n) is 6.18. The number of nitrogens with zero attached hydrogens (tertiary/aromatic N) is 1. The fourth-order valence-electron chi connectivity index (χ4n) is 2.39. The summed E-state index contributed by atoms with van der Waals surface area (Å²) in [4.78, 5) is 4.15. The van der Waals surface area contributed by atoms with E-state index in [9.17, 15) is 4.39 Å². The van der Waals surface area contributed by atoms with Gasteiger partial charge in [0, 0.05) is 17.5 Å². The van der Waals surface area contributed by atoms with Crippen molar-refractivity contribution in [2.24, 2.45) is 5.84 Å². The first kappa shape index (κ1) is 13.6. The van der Waals surface area contributed by atoms with Gasteiger partial charge in [-0.15, -0.1) is 0 Å². The van der Waals surface area contributed by atoms with Crippen molar-refractivity contribution in [2.75, 3.05) is 0 Å². The molecule has 1 atom stereocenters. The van der Waals surface area contributed by atoms with Gasteiger partial charge in [0.05, 0.1) is 6.04 Å². The van der Waals surface area contributed by atoms with Crippen LogP contribution in [0.25, 0.3) is 0 Å².